The summed E-state index contributed by atoms with van der Waals surface area (Å²) in [7, 11) is 0. The Morgan fingerprint density at radius 2 is 2.39 bits per heavy atom. The van der Waals surface area contributed by atoms with E-state index in [1.54, 1.807) is 17.4 Å². The van der Waals surface area contributed by atoms with Gasteiger partial charge in [0.15, 0.2) is 0 Å². The van der Waals surface area contributed by atoms with Crippen molar-refractivity contribution in [1.82, 2.24) is 15.5 Å². The van der Waals surface area contributed by atoms with Crippen molar-refractivity contribution in [2.75, 3.05) is 13.1 Å². The minimum atomic E-state index is 0.528. The molecule has 1 aliphatic rings. The Balaban J connectivity index is 2.17. The van der Waals surface area contributed by atoms with Gasteiger partial charge in [-0.1, -0.05) is 42.2 Å². The van der Waals surface area contributed by atoms with Crippen molar-refractivity contribution in [3.63, 3.8) is 0 Å². The second kappa shape index (κ2) is 6.61. The number of allylic oxidation sites excluding steroid dienone is 5. The summed E-state index contributed by atoms with van der Waals surface area (Å²) >= 11 is 1.70. The van der Waals surface area contributed by atoms with E-state index in [0.29, 0.717) is 5.92 Å². The molecule has 1 aliphatic heterocycles. The van der Waals surface area contributed by atoms with Gasteiger partial charge in [-0.2, -0.15) is 0 Å². The lowest BCUT2D eigenvalue weighted by Gasteiger charge is -2.19. The van der Waals surface area contributed by atoms with Gasteiger partial charge in [0.2, 0.25) is 0 Å². The molecule has 2 rings (SSSR count). The van der Waals surface area contributed by atoms with Crippen molar-refractivity contribution in [1.29, 1.82) is 0 Å². The first-order valence-corrected chi connectivity index (χ1v) is 7.16. The van der Waals surface area contributed by atoms with Gasteiger partial charge >= 0.3 is 0 Å². The van der Waals surface area contributed by atoms with E-state index in [1.807, 2.05) is 25.2 Å². The minimum Gasteiger partial charge on any atom is -0.316 e. The van der Waals surface area contributed by atoms with E-state index in [4.69, 9.17) is 0 Å². The first kappa shape index (κ1) is 13.2. The van der Waals surface area contributed by atoms with Gasteiger partial charge in [-0.15, -0.1) is 10.2 Å². The van der Waals surface area contributed by atoms with Crippen LogP contribution in [0.3, 0.4) is 0 Å². The first-order valence-electron chi connectivity index (χ1n) is 6.35. The number of rotatable bonds is 4. The van der Waals surface area contributed by atoms with Crippen LogP contribution in [0.2, 0.25) is 0 Å². The second-order valence-corrected chi connectivity index (χ2v) is 5.36. The van der Waals surface area contributed by atoms with Crippen LogP contribution >= 0.6 is 11.3 Å². The number of aromatic nitrogens is 2. The molecule has 1 fully saturated rings. The molecule has 0 aromatic carbocycles. The van der Waals surface area contributed by atoms with Crippen LogP contribution in [-0.2, 0) is 0 Å². The van der Waals surface area contributed by atoms with Crippen LogP contribution in [0, 0.1) is 0 Å². The first-order chi connectivity index (χ1) is 8.85. The van der Waals surface area contributed by atoms with Crippen molar-refractivity contribution in [3.05, 3.63) is 40.9 Å². The zero-order valence-electron chi connectivity index (χ0n) is 10.7. The minimum absolute atomic E-state index is 0.528. The van der Waals surface area contributed by atoms with Crippen LogP contribution in [-0.4, -0.2) is 23.3 Å². The summed E-state index contributed by atoms with van der Waals surface area (Å²) in [4.78, 5) is 0. The van der Waals surface area contributed by atoms with Gasteiger partial charge in [0, 0.05) is 18.0 Å². The molecule has 1 unspecified atom stereocenters. The highest BCUT2D eigenvalue weighted by atomic mass is 32.1. The Labute approximate surface area is 112 Å². The Morgan fingerprint density at radius 1 is 1.50 bits per heavy atom. The summed E-state index contributed by atoms with van der Waals surface area (Å²) in [5.74, 6) is 0.528. The van der Waals surface area contributed by atoms with E-state index >= 15 is 0 Å². The van der Waals surface area contributed by atoms with Crippen molar-refractivity contribution in [2.24, 2.45) is 0 Å². The Bertz CT molecular complexity index is 453. The lowest BCUT2D eigenvalue weighted by atomic mass is 10.0. The molecule has 96 valence electrons. The van der Waals surface area contributed by atoms with E-state index in [0.717, 1.165) is 28.7 Å². The molecule has 0 bridgehead atoms. The molecule has 4 heteroatoms. The largest absolute Gasteiger partial charge is 0.316 e. The lowest BCUT2D eigenvalue weighted by Crippen LogP contribution is -2.28. The van der Waals surface area contributed by atoms with Crippen molar-refractivity contribution in [3.8, 4) is 0 Å². The smallest absolute Gasteiger partial charge is 0.147 e. The molecule has 1 saturated heterocycles. The van der Waals surface area contributed by atoms with Crippen LogP contribution in [0.4, 0.5) is 0 Å². The van der Waals surface area contributed by atoms with Crippen LogP contribution in [0.5, 0.6) is 0 Å². The molecule has 1 aromatic heterocycles. The van der Waals surface area contributed by atoms with Gasteiger partial charge in [-0.25, -0.2) is 0 Å². The van der Waals surface area contributed by atoms with Gasteiger partial charge in [0.1, 0.15) is 10.0 Å². The zero-order chi connectivity index (χ0) is 12.8. The maximum absolute atomic E-state index is 4.34. The third-order valence-electron chi connectivity index (χ3n) is 2.98. The van der Waals surface area contributed by atoms with Crippen LogP contribution in [0.15, 0.2) is 30.9 Å². The predicted octanol–water partition coefficient (Wildman–Crippen LogP) is 3.15. The fraction of sp³-hybridized carbons (Fsp3) is 0.429. The molecule has 0 aliphatic carbocycles. The van der Waals surface area contributed by atoms with Gasteiger partial charge in [0.25, 0.3) is 0 Å². The van der Waals surface area contributed by atoms with Gasteiger partial charge in [-0.3, -0.25) is 0 Å². The van der Waals surface area contributed by atoms with Crippen LogP contribution in [0.1, 0.15) is 35.7 Å². The van der Waals surface area contributed by atoms with Crippen LogP contribution < -0.4 is 5.32 Å². The highest BCUT2D eigenvalue weighted by molar-refractivity contribution is 7.12. The van der Waals surface area contributed by atoms with Gasteiger partial charge in [0.05, 0.1) is 0 Å². The average molecular weight is 261 g/mol. The topological polar surface area (TPSA) is 37.8 Å². The van der Waals surface area contributed by atoms with Crippen molar-refractivity contribution in [2.45, 2.75) is 25.7 Å². The number of hydrogen-bond donors (Lipinski definition) is 1. The fourth-order valence-electron chi connectivity index (χ4n) is 2.08. The summed E-state index contributed by atoms with van der Waals surface area (Å²) in [6.07, 6.45) is 10.3. The summed E-state index contributed by atoms with van der Waals surface area (Å²) < 4.78 is 0. The quantitative estimate of drug-likeness (QED) is 0.846. The third-order valence-corrected chi connectivity index (χ3v) is 4.11. The number of piperidine rings is 1. The standard InChI is InChI=1S/C14H19N3S/c1-3-6-11(7-4-2)13-16-17-14(18-13)12-8-5-9-15-10-12/h3-4,6-7,12,15H,1,5,8-10H2,2H3/b7-4-,11-6+. The normalized spacial score (nSPS) is 21.4. The molecule has 1 atom stereocenters. The molecule has 2 heterocycles. The molecular weight excluding hydrogens is 242 g/mol. The monoisotopic (exact) mass is 261 g/mol. The van der Waals surface area contributed by atoms with Crippen LogP contribution in [0.25, 0.3) is 5.57 Å². The number of nitrogens with one attached hydrogen (secondary N) is 1. The average Bonchev–Trinajstić information content (AvgIpc) is 2.89. The van der Waals surface area contributed by atoms with Gasteiger partial charge in [-0.05, 0) is 26.3 Å². The fourth-order valence-corrected chi connectivity index (χ4v) is 3.07. The maximum Gasteiger partial charge on any atom is 0.147 e. The summed E-state index contributed by atoms with van der Waals surface area (Å²) in [6.45, 7) is 7.90. The summed E-state index contributed by atoms with van der Waals surface area (Å²) in [5, 5.41) is 14.2. The molecule has 0 radical (unpaired) electrons. The van der Waals surface area contributed by atoms with E-state index in [1.165, 1.54) is 12.8 Å². The summed E-state index contributed by atoms with van der Waals surface area (Å²) in [6, 6.07) is 0. The highest BCUT2D eigenvalue weighted by Gasteiger charge is 2.19. The second-order valence-electron chi connectivity index (χ2n) is 4.35. The number of hydrogen-bond acceptors (Lipinski definition) is 4. The summed E-state index contributed by atoms with van der Waals surface area (Å²) in [5.41, 5.74) is 1.08. The molecule has 1 N–H and O–H groups in total. The molecule has 18 heavy (non-hydrogen) atoms. The van der Waals surface area contributed by atoms with Crippen molar-refractivity contribution < 1.29 is 0 Å². The molecular formula is C14H19N3S. The lowest BCUT2D eigenvalue weighted by molar-refractivity contribution is 0.458. The molecule has 3 nitrogen and oxygen atoms in total. The SMILES string of the molecule is C=C/C=C(\C=C/C)c1nnc(C2CCCNC2)s1. The third kappa shape index (κ3) is 3.15. The zero-order valence-corrected chi connectivity index (χ0v) is 11.5. The molecule has 0 spiro atoms. The molecule has 0 amide bonds. The van der Waals surface area contributed by atoms with E-state index in [9.17, 15) is 0 Å². The number of nitrogens with zero attached hydrogens (tertiary/aromatic N) is 2. The highest BCUT2D eigenvalue weighted by Crippen LogP contribution is 2.29. The van der Waals surface area contributed by atoms with Gasteiger partial charge < -0.3 is 5.32 Å². The van der Waals surface area contributed by atoms with E-state index < -0.39 is 0 Å². The van der Waals surface area contributed by atoms with E-state index in [2.05, 4.69) is 22.1 Å². The Kier molecular flexibility index (Phi) is 4.84. The Hall–Kier alpha value is -1.26. The predicted molar refractivity (Wildman–Crippen MR) is 77.7 cm³/mol. The van der Waals surface area contributed by atoms with E-state index in [-0.39, 0.29) is 0 Å². The molecule has 1 aromatic rings. The Morgan fingerprint density at radius 3 is 3.06 bits per heavy atom. The molecule has 0 saturated carbocycles. The van der Waals surface area contributed by atoms with Crippen molar-refractivity contribution >= 4 is 16.9 Å². The maximum atomic E-state index is 4.34.